The lowest BCUT2D eigenvalue weighted by Crippen LogP contribution is -2.42. The van der Waals surface area contributed by atoms with Crippen molar-refractivity contribution in [2.24, 2.45) is 29.6 Å². The Bertz CT molecular complexity index is 1490. The van der Waals surface area contributed by atoms with Crippen LogP contribution in [0.15, 0.2) is 62.8 Å². The van der Waals surface area contributed by atoms with Gasteiger partial charge < -0.3 is 4.98 Å². The number of fused-ring (bicyclic) bond motifs is 9. The zero-order chi connectivity index (χ0) is 25.8. The van der Waals surface area contributed by atoms with Crippen molar-refractivity contribution in [2.75, 3.05) is 4.90 Å². The molecular weight excluding hydrogens is 568 g/mol. The van der Waals surface area contributed by atoms with E-state index in [1.54, 1.807) is 11.8 Å². The Labute approximate surface area is 232 Å². The molecule has 3 fully saturated rings. The topological polar surface area (TPSA) is 70.2 Å². The summed E-state index contributed by atoms with van der Waals surface area (Å²) in [7, 11) is 0. The smallest absolute Gasteiger partial charge is 0.305 e. The second-order valence-electron chi connectivity index (χ2n) is 11.8. The van der Waals surface area contributed by atoms with Gasteiger partial charge in [-0.2, -0.15) is 0 Å². The Morgan fingerprint density at radius 3 is 2.22 bits per heavy atom. The summed E-state index contributed by atoms with van der Waals surface area (Å²) in [4.78, 5) is 45.6. The molecule has 7 atom stereocenters. The minimum absolute atomic E-state index is 0.0325. The first-order chi connectivity index (χ1) is 17.6. The summed E-state index contributed by atoms with van der Waals surface area (Å²) in [5.74, 6) is -0.126. The van der Waals surface area contributed by atoms with E-state index in [1.165, 1.54) is 27.4 Å². The molecule has 7 rings (SSSR count). The molecule has 3 aromatic rings. The van der Waals surface area contributed by atoms with E-state index in [2.05, 4.69) is 66.0 Å². The molecule has 4 aliphatic rings. The zero-order valence-electron chi connectivity index (χ0n) is 20.7. The second-order valence-corrected chi connectivity index (χ2v) is 14.9. The van der Waals surface area contributed by atoms with Crippen LogP contribution in [0.25, 0.3) is 0 Å². The highest BCUT2D eigenvalue weighted by molar-refractivity contribution is 9.10. The number of amides is 2. The third-order valence-electron chi connectivity index (χ3n) is 8.94. The van der Waals surface area contributed by atoms with Crippen molar-refractivity contribution < 1.29 is 9.59 Å². The highest BCUT2D eigenvalue weighted by Crippen LogP contribution is 2.68. The molecule has 1 N–H and O–H groups in total. The molecule has 2 amide bonds. The number of imide groups is 1. The third-order valence-corrected chi connectivity index (χ3v) is 12.1. The van der Waals surface area contributed by atoms with Gasteiger partial charge in [0.15, 0.2) is 0 Å². The Morgan fingerprint density at radius 1 is 0.919 bits per heavy atom. The summed E-state index contributed by atoms with van der Waals surface area (Å²) in [5.41, 5.74) is 3.18. The van der Waals surface area contributed by atoms with Crippen molar-refractivity contribution in [3.63, 3.8) is 0 Å². The number of rotatable bonds is 2. The Balaban J connectivity index is 1.30. The van der Waals surface area contributed by atoms with Crippen molar-refractivity contribution in [1.82, 2.24) is 4.98 Å². The van der Waals surface area contributed by atoms with Crippen LogP contribution in [0.3, 0.4) is 0 Å². The van der Waals surface area contributed by atoms with Gasteiger partial charge in [-0.3, -0.25) is 19.3 Å². The molecule has 8 heteroatoms. The first-order valence-electron chi connectivity index (χ1n) is 12.8. The lowest BCUT2D eigenvalue weighted by atomic mass is 9.68. The maximum absolute atomic E-state index is 13.8. The molecule has 3 heterocycles. The summed E-state index contributed by atoms with van der Waals surface area (Å²) in [6, 6.07) is 16.3. The summed E-state index contributed by atoms with van der Waals surface area (Å²) >= 11 is 6.49. The number of anilines is 1. The third kappa shape index (κ3) is 3.44. The lowest BCUT2D eigenvalue weighted by Gasteiger charge is -2.43. The van der Waals surface area contributed by atoms with Crippen molar-refractivity contribution in [3.8, 4) is 0 Å². The first-order valence-corrected chi connectivity index (χ1v) is 15.3. The number of thioether (sulfide) groups is 1. The maximum atomic E-state index is 13.8. The number of halogens is 1. The quantitative estimate of drug-likeness (QED) is 0.360. The van der Waals surface area contributed by atoms with E-state index in [9.17, 15) is 14.4 Å². The van der Waals surface area contributed by atoms with Crippen LogP contribution in [-0.4, -0.2) is 22.0 Å². The fraction of sp³-hybridized carbons (Fsp3) is 0.414. The molecule has 1 saturated heterocycles. The van der Waals surface area contributed by atoms with Crippen molar-refractivity contribution in [1.29, 1.82) is 0 Å². The van der Waals surface area contributed by atoms with Gasteiger partial charge in [-0.25, -0.2) is 0 Å². The van der Waals surface area contributed by atoms with Gasteiger partial charge in [0.25, 0.3) is 0 Å². The number of H-pyrrole nitrogens is 1. The standard InChI is InChI=1S/C29H27BrN2O3S2/c1-29(2,3)14-6-4-13(5-7-14)19-20-17-12-18(23(20)36-25-24(19)37-28(35)31-25)22-21(17)26(33)32(27(22)34)16-10-8-15(30)9-11-16/h4-11,17-23H,12H2,1-3H3,(H,31,35)/t17-,18-,19+,20+,21+,22+,23-/m1/s1. The number of nitrogens with zero attached hydrogens (tertiary/aromatic N) is 1. The van der Waals surface area contributed by atoms with Gasteiger partial charge in [0.1, 0.15) is 0 Å². The number of hydrogen-bond donors (Lipinski definition) is 1. The predicted molar refractivity (Wildman–Crippen MR) is 150 cm³/mol. The van der Waals surface area contributed by atoms with Gasteiger partial charge in [-0.1, -0.05) is 72.3 Å². The van der Waals surface area contributed by atoms with E-state index in [1.807, 2.05) is 24.3 Å². The SMILES string of the molecule is CC(C)(C)c1ccc([C@@H]2c3sc(=O)[nH]c3S[C@@H]3[C@@H]4C[C@@H]([C@@H]5C(=O)N(c6ccc(Br)cc6)C(=O)[C@@H]45)[C@@H]23)cc1. The van der Waals surface area contributed by atoms with Crippen LogP contribution >= 0.6 is 39.0 Å². The van der Waals surface area contributed by atoms with Gasteiger partial charge in [0.2, 0.25) is 11.8 Å². The fourth-order valence-electron chi connectivity index (χ4n) is 7.43. The van der Waals surface area contributed by atoms with Gasteiger partial charge in [-0.15, -0.1) is 11.8 Å². The maximum Gasteiger partial charge on any atom is 0.305 e. The number of carbonyl (C=O) groups excluding carboxylic acids is 2. The molecule has 0 radical (unpaired) electrons. The number of thiazole rings is 1. The molecule has 2 saturated carbocycles. The van der Waals surface area contributed by atoms with Crippen LogP contribution in [0.2, 0.25) is 0 Å². The van der Waals surface area contributed by atoms with Crippen LogP contribution in [0.4, 0.5) is 5.69 Å². The van der Waals surface area contributed by atoms with E-state index < -0.39 is 0 Å². The molecule has 5 nitrogen and oxygen atoms in total. The second kappa shape index (κ2) is 8.17. The van der Waals surface area contributed by atoms with Crippen LogP contribution in [0, 0.1) is 29.6 Å². The summed E-state index contributed by atoms with van der Waals surface area (Å²) < 4.78 is 0.915. The molecule has 190 valence electrons. The van der Waals surface area contributed by atoms with Gasteiger partial charge in [0.05, 0.1) is 22.5 Å². The van der Waals surface area contributed by atoms with Crippen LogP contribution in [0.1, 0.15) is 49.1 Å². The number of carbonyl (C=O) groups is 2. The molecule has 2 aliphatic heterocycles. The number of hydrogen-bond acceptors (Lipinski definition) is 5. The fourth-order valence-corrected chi connectivity index (χ4v) is 10.6. The average molecular weight is 596 g/mol. The van der Waals surface area contributed by atoms with Crippen molar-refractivity contribution in [3.05, 3.63) is 78.7 Å². The molecule has 2 bridgehead atoms. The Hall–Kier alpha value is -2.16. The van der Waals surface area contributed by atoms with Gasteiger partial charge >= 0.3 is 4.87 Å². The van der Waals surface area contributed by atoms with E-state index in [0.717, 1.165) is 20.8 Å². The summed E-state index contributed by atoms with van der Waals surface area (Å²) in [5, 5.41) is 1.16. The van der Waals surface area contributed by atoms with Crippen LogP contribution < -0.4 is 9.77 Å². The molecule has 37 heavy (non-hydrogen) atoms. The molecule has 2 aromatic carbocycles. The monoisotopic (exact) mass is 594 g/mol. The minimum Gasteiger partial charge on any atom is -0.307 e. The van der Waals surface area contributed by atoms with E-state index in [4.69, 9.17) is 0 Å². The largest absolute Gasteiger partial charge is 0.307 e. The normalized spacial score (nSPS) is 32.0. The minimum atomic E-state index is -0.281. The van der Waals surface area contributed by atoms with Gasteiger partial charge in [0, 0.05) is 20.5 Å². The molecule has 2 aliphatic carbocycles. The summed E-state index contributed by atoms with van der Waals surface area (Å²) in [6.07, 6.45) is 0.902. The van der Waals surface area contributed by atoms with E-state index in [0.29, 0.717) is 5.69 Å². The van der Waals surface area contributed by atoms with Crippen LogP contribution in [-0.2, 0) is 15.0 Å². The number of aromatic nitrogens is 1. The van der Waals surface area contributed by atoms with Crippen molar-refractivity contribution >= 4 is 56.5 Å². The predicted octanol–water partition coefficient (Wildman–Crippen LogP) is 6.17. The molecule has 0 spiro atoms. The average Bonchev–Trinajstić information content (AvgIpc) is 3.58. The molecule has 0 unspecified atom stereocenters. The number of benzene rings is 2. The number of nitrogens with one attached hydrogen (secondary N) is 1. The van der Waals surface area contributed by atoms with Crippen molar-refractivity contribution in [2.45, 2.75) is 48.8 Å². The van der Waals surface area contributed by atoms with E-state index >= 15 is 0 Å². The highest BCUT2D eigenvalue weighted by atomic mass is 79.9. The highest BCUT2D eigenvalue weighted by Gasteiger charge is 2.69. The first kappa shape index (κ1) is 23.9. The number of aromatic amines is 1. The zero-order valence-corrected chi connectivity index (χ0v) is 24.0. The van der Waals surface area contributed by atoms with Crippen LogP contribution in [0.5, 0.6) is 0 Å². The summed E-state index contributed by atoms with van der Waals surface area (Å²) in [6.45, 7) is 6.63. The Morgan fingerprint density at radius 2 is 1.57 bits per heavy atom. The molecular formula is C29H27BrN2O3S2. The molecule has 1 aromatic heterocycles. The van der Waals surface area contributed by atoms with E-state index in [-0.39, 0.29) is 62.9 Å². The van der Waals surface area contributed by atoms with Gasteiger partial charge in [-0.05, 0) is 65.0 Å². The Kier molecular flexibility index (Phi) is 5.28. The lowest BCUT2D eigenvalue weighted by molar-refractivity contribution is -0.123.